The van der Waals surface area contributed by atoms with Crippen LogP contribution in [0.5, 0.6) is 0 Å². The molecule has 1 aromatic rings. The van der Waals surface area contributed by atoms with Crippen molar-refractivity contribution in [2.24, 2.45) is 4.99 Å². The van der Waals surface area contributed by atoms with Crippen LogP contribution in [0.3, 0.4) is 0 Å². The van der Waals surface area contributed by atoms with Gasteiger partial charge in [0.2, 0.25) is 0 Å². The average molecular weight is 283 g/mol. The molecule has 7 nitrogen and oxygen atoms in total. The molecule has 0 aliphatic carbocycles. The number of hydrogen-bond donors (Lipinski definition) is 5. The SMILES string of the molecule is O=C(O)c1ccccc1N=CC[C@@H](O)[C@H](O)[C@H](O)CO. The summed E-state index contributed by atoms with van der Waals surface area (Å²) in [6.07, 6.45) is -3.09. The number of carboxylic acids is 1. The van der Waals surface area contributed by atoms with Gasteiger partial charge in [0.05, 0.1) is 24.0 Å². The van der Waals surface area contributed by atoms with Crippen molar-refractivity contribution in [3.05, 3.63) is 29.8 Å². The third-order valence-electron chi connectivity index (χ3n) is 2.69. The van der Waals surface area contributed by atoms with Crippen molar-refractivity contribution in [1.82, 2.24) is 0 Å². The highest BCUT2D eigenvalue weighted by molar-refractivity contribution is 5.94. The maximum atomic E-state index is 10.9. The van der Waals surface area contributed by atoms with Gasteiger partial charge in [-0.3, -0.25) is 4.99 Å². The largest absolute Gasteiger partial charge is 0.478 e. The van der Waals surface area contributed by atoms with E-state index in [1.54, 1.807) is 12.1 Å². The zero-order valence-corrected chi connectivity index (χ0v) is 10.6. The van der Waals surface area contributed by atoms with Gasteiger partial charge in [0.25, 0.3) is 0 Å². The molecule has 1 rings (SSSR count). The molecule has 0 aromatic heterocycles. The van der Waals surface area contributed by atoms with E-state index in [1.807, 2.05) is 0 Å². The Balaban J connectivity index is 2.68. The maximum Gasteiger partial charge on any atom is 0.337 e. The topological polar surface area (TPSA) is 131 Å². The first-order chi connectivity index (χ1) is 9.47. The highest BCUT2D eigenvalue weighted by atomic mass is 16.4. The minimum atomic E-state index is -1.50. The molecule has 7 heteroatoms. The summed E-state index contributed by atoms with van der Waals surface area (Å²) in [5, 5.41) is 45.7. The van der Waals surface area contributed by atoms with Crippen LogP contribution < -0.4 is 0 Å². The normalized spacial score (nSPS) is 16.0. The average Bonchev–Trinajstić information content (AvgIpc) is 2.45. The van der Waals surface area contributed by atoms with E-state index in [0.717, 1.165) is 0 Å². The third kappa shape index (κ3) is 4.39. The van der Waals surface area contributed by atoms with Crippen LogP contribution >= 0.6 is 0 Å². The van der Waals surface area contributed by atoms with Crippen molar-refractivity contribution in [1.29, 1.82) is 0 Å². The summed E-state index contributed by atoms with van der Waals surface area (Å²) in [5.74, 6) is -1.12. The number of aromatic carboxylic acids is 1. The minimum absolute atomic E-state index is 0.0224. The Kier molecular flexibility index (Phi) is 6.26. The molecule has 0 radical (unpaired) electrons. The summed E-state index contributed by atoms with van der Waals surface area (Å²) in [4.78, 5) is 14.8. The summed E-state index contributed by atoms with van der Waals surface area (Å²) < 4.78 is 0. The van der Waals surface area contributed by atoms with Gasteiger partial charge in [-0.25, -0.2) is 4.79 Å². The second kappa shape index (κ2) is 7.71. The molecule has 0 aliphatic rings. The molecule has 0 heterocycles. The van der Waals surface area contributed by atoms with Crippen LogP contribution in [0.4, 0.5) is 5.69 Å². The zero-order valence-electron chi connectivity index (χ0n) is 10.6. The van der Waals surface area contributed by atoms with E-state index in [-0.39, 0.29) is 17.7 Å². The second-order valence-electron chi connectivity index (χ2n) is 4.18. The summed E-state index contributed by atoms with van der Waals surface area (Å²) in [6.45, 7) is -0.669. The molecule has 5 N–H and O–H groups in total. The van der Waals surface area contributed by atoms with Gasteiger partial charge in [0.15, 0.2) is 0 Å². The van der Waals surface area contributed by atoms with Gasteiger partial charge in [-0.05, 0) is 12.1 Å². The number of aliphatic hydroxyl groups excluding tert-OH is 4. The smallest absolute Gasteiger partial charge is 0.337 e. The van der Waals surface area contributed by atoms with E-state index in [1.165, 1.54) is 18.3 Å². The summed E-state index contributed by atoms with van der Waals surface area (Å²) in [6, 6.07) is 6.10. The van der Waals surface area contributed by atoms with E-state index in [0.29, 0.717) is 0 Å². The Hall–Kier alpha value is -1.80. The number of nitrogens with zero attached hydrogens (tertiary/aromatic N) is 1. The van der Waals surface area contributed by atoms with E-state index in [4.69, 9.17) is 15.3 Å². The van der Waals surface area contributed by atoms with E-state index in [9.17, 15) is 15.0 Å². The van der Waals surface area contributed by atoms with Crippen molar-refractivity contribution >= 4 is 17.9 Å². The van der Waals surface area contributed by atoms with Crippen LogP contribution in [0.2, 0.25) is 0 Å². The first kappa shape index (κ1) is 16.3. The van der Waals surface area contributed by atoms with Crippen molar-refractivity contribution in [3.8, 4) is 0 Å². The van der Waals surface area contributed by atoms with Crippen molar-refractivity contribution in [3.63, 3.8) is 0 Å². The fraction of sp³-hybridized carbons (Fsp3) is 0.385. The molecule has 0 aliphatic heterocycles. The lowest BCUT2D eigenvalue weighted by molar-refractivity contribution is -0.0731. The molecule has 0 unspecified atom stereocenters. The number of benzene rings is 1. The van der Waals surface area contributed by atoms with Crippen LogP contribution in [-0.4, -0.2) is 62.6 Å². The highest BCUT2D eigenvalue weighted by Gasteiger charge is 2.23. The third-order valence-corrected chi connectivity index (χ3v) is 2.69. The highest BCUT2D eigenvalue weighted by Crippen LogP contribution is 2.18. The van der Waals surface area contributed by atoms with Crippen molar-refractivity contribution in [2.75, 3.05) is 6.61 Å². The molecule has 110 valence electrons. The standard InChI is InChI=1S/C13H17NO6/c15-7-11(17)12(18)10(16)5-6-14-9-4-2-1-3-8(9)13(19)20/h1-4,6,10-12,15-18H,5,7H2,(H,19,20)/t10-,11-,12+/m1/s1. The first-order valence-electron chi connectivity index (χ1n) is 5.97. The Morgan fingerprint density at radius 2 is 1.85 bits per heavy atom. The molecule has 0 bridgehead atoms. The summed E-state index contributed by atoms with van der Waals surface area (Å²) in [5.41, 5.74) is 0.249. The van der Waals surface area contributed by atoms with Gasteiger partial charge >= 0.3 is 5.97 Å². The predicted octanol–water partition coefficient (Wildman–Crippen LogP) is -0.448. The van der Waals surface area contributed by atoms with Crippen molar-refractivity contribution in [2.45, 2.75) is 24.7 Å². The lowest BCUT2D eigenvalue weighted by atomic mass is 10.1. The molecular formula is C13H17NO6. The Morgan fingerprint density at radius 3 is 2.45 bits per heavy atom. The van der Waals surface area contributed by atoms with Gasteiger partial charge < -0.3 is 25.5 Å². The molecule has 0 saturated heterocycles. The molecule has 3 atom stereocenters. The van der Waals surface area contributed by atoms with Gasteiger partial charge in [-0.15, -0.1) is 0 Å². The Morgan fingerprint density at radius 1 is 1.20 bits per heavy atom. The minimum Gasteiger partial charge on any atom is -0.478 e. The Bertz CT molecular complexity index is 476. The number of carboxylic acid groups (broad SMARTS) is 1. The monoisotopic (exact) mass is 283 g/mol. The Labute approximate surface area is 115 Å². The van der Waals surface area contributed by atoms with E-state index in [2.05, 4.69) is 4.99 Å². The molecule has 0 saturated carbocycles. The van der Waals surface area contributed by atoms with E-state index >= 15 is 0 Å². The van der Waals surface area contributed by atoms with Crippen LogP contribution in [0.15, 0.2) is 29.3 Å². The van der Waals surface area contributed by atoms with Crippen molar-refractivity contribution < 1.29 is 30.3 Å². The van der Waals surface area contributed by atoms with Gasteiger partial charge in [0, 0.05) is 12.6 Å². The van der Waals surface area contributed by atoms with Gasteiger partial charge in [-0.2, -0.15) is 0 Å². The first-order valence-corrected chi connectivity index (χ1v) is 5.97. The molecule has 1 aromatic carbocycles. The van der Waals surface area contributed by atoms with E-state index < -0.39 is 30.9 Å². The number of aliphatic hydroxyl groups is 4. The number of rotatable bonds is 7. The predicted molar refractivity (Wildman–Crippen MR) is 71.3 cm³/mol. The number of para-hydroxylation sites is 1. The number of hydrogen-bond acceptors (Lipinski definition) is 6. The zero-order chi connectivity index (χ0) is 15.1. The van der Waals surface area contributed by atoms with Crippen LogP contribution in [-0.2, 0) is 0 Å². The molecular weight excluding hydrogens is 266 g/mol. The fourth-order valence-corrected chi connectivity index (χ4v) is 1.53. The maximum absolute atomic E-state index is 10.9. The molecule has 0 amide bonds. The fourth-order valence-electron chi connectivity index (χ4n) is 1.53. The quantitative estimate of drug-likeness (QED) is 0.431. The summed E-state index contributed by atoms with van der Waals surface area (Å²) >= 11 is 0. The van der Waals surface area contributed by atoms with Crippen LogP contribution in [0, 0.1) is 0 Å². The molecule has 0 fully saturated rings. The second-order valence-corrected chi connectivity index (χ2v) is 4.18. The van der Waals surface area contributed by atoms with Crippen LogP contribution in [0.1, 0.15) is 16.8 Å². The molecule has 20 heavy (non-hydrogen) atoms. The molecule has 0 spiro atoms. The number of carbonyl (C=O) groups is 1. The van der Waals surface area contributed by atoms with Gasteiger partial charge in [-0.1, -0.05) is 12.1 Å². The number of aliphatic imine (C=N–C) groups is 1. The summed E-state index contributed by atoms with van der Waals surface area (Å²) in [7, 11) is 0. The lowest BCUT2D eigenvalue weighted by Crippen LogP contribution is -2.39. The van der Waals surface area contributed by atoms with Gasteiger partial charge in [0.1, 0.15) is 12.2 Å². The lowest BCUT2D eigenvalue weighted by Gasteiger charge is -2.19. The van der Waals surface area contributed by atoms with Crippen LogP contribution in [0.25, 0.3) is 0 Å².